The van der Waals surface area contributed by atoms with Gasteiger partial charge in [-0.15, -0.1) is 0 Å². The Balaban J connectivity index is 2.35. The van der Waals surface area contributed by atoms with Crippen LogP contribution >= 0.6 is 11.6 Å². The minimum Gasteiger partial charge on any atom is -0.384 e. The van der Waals surface area contributed by atoms with Crippen LogP contribution < -0.4 is 5.73 Å². The van der Waals surface area contributed by atoms with Gasteiger partial charge in [0.1, 0.15) is 5.82 Å². The molecule has 2 heterocycles. The summed E-state index contributed by atoms with van der Waals surface area (Å²) in [5, 5.41) is 1.64. The van der Waals surface area contributed by atoms with E-state index in [9.17, 15) is 0 Å². The summed E-state index contributed by atoms with van der Waals surface area (Å²) in [5.41, 5.74) is 8.45. The van der Waals surface area contributed by atoms with E-state index < -0.39 is 0 Å². The second-order valence-corrected chi connectivity index (χ2v) is 4.38. The van der Waals surface area contributed by atoms with Crippen LogP contribution in [0.2, 0.25) is 5.02 Å². The normalized spacial score (nSPS) is 10.7. The van der Waals surface area contributed by atoms with Gasteiger partial charge in [-0.1, -0.05) is 35.9 Å². The monoisotopic (exact) mass is 255 g/mol. The first-order chi connectivity index (χ1) is 8.75. The Kier molecular flexibility index (Phi) is 2.61. The maximum absolute atomic E-state index is 6.19. The first-order valence-corrected chi connectivity index (χ1v) is 5.88. The van der Waals surface area contributed by atoms with Crippen LogP contribution in [0, 0.1) is 0 Å². The van der Waals surface area contributed by atoms with Gasteiger partial charge in [-0.05, 0) is 12.1 Å². The molecule has 0 saturated heterocycles. The molecule has 88 valence electrons. The van der Waals surface area contributed by atoms with Crippen molar-refractivity contribution in [1.29, 1.82) is 0 Å². The molecule has 4 heteroatoms. The molecule has 0 bridgehead atoms. The van der Waals surface area contributed by atoms with Crippen molar-refractivity contribution in [1.82, 2.24) is 9.97 Å². The summed E-state index contributed by atoms with van der Waals surface area (Å²) in [6, 6.07) is 11.7. The van der Waals surface area contributed by atoms with Crippen molar-refractivity contribution < 1.29 is 0 Å². The zero-order chi connectivity index (χ0) is 12.5. The summed E-state index contributed by atoms with van der Waals surface area (Å²) < 4.78 is 0. The SMILES string of the molecule is Nc1cc(-c2cccc3cccnc23)c(Cl)cn1. The lowest BCUT2D eigenvalue weighted by Crippen LogP contribution is -1.92. The highest BCUT2D eigenvalue weighted by atomic mass is 35.5. The number of nitrogens with zero attached hydrogens (tertiary/aromatic N) is 2. The molecule has 3 rings (SSSR count). The van der Waals surface area contributed by atoms with Gasteiger partial charge in [0.05, 0.1) is 10.5 Å². The van der Waals surface area contributed by atoms with Crippen molar-refractivity contribution in [3.05, 3.63) is 53.8 Å². The van der Waals surface area contributed by atoms with Gasteiger partial charge in [0, 0.05) is 28.9 Å². The van der Waals surface area contributed by atoms with E-state index in [4.69, 9.17) is 17.3 Å². The van der Waals surface area contributed by atoms with E-state index in [1.807, 2.05) is 30.3 Å². The molecular weight excluding hydrogens is 246 g/mol. The van der Waals surface area contributed by atoms with Gasteiger partial charge in [0.15, 0.2) is 0 Å². The molecule has 0 radical (unpaired) electrons. The predicted octanol–water partition coefficient (Wildman–Crippen LogP) is 3.53. The Morgan fingerprint density at radius 2 is 1.83 bits per heavy atom. The number of rotatable bonds is 1. The number of hydrogen-bond acceptors (Lipinski definition) is 3. The highest BCUT2D eigenvalue weighted by molar-refractivity contribution is 6.33. The first kappa shape index (κ1) is 11.0. The minimum atomic E-state index is 0.447. The first-order valence-electron chi connectivity index (χ1n) is 5.51. The number of hydrogen-bond donors (Lipinski definition) is 1. The summed E-state index contributed by atoms with van der Waals surface area (Å²) in [4.78, 5) is 8.38. The molecule has 0 fully saturated rings. The summed E-state index contributed by atoms with van der Waals surface area (Å²) in [7, 11) is 0. The lowest BCUT2D eigenvalue weighted by atomic mass is 10.0. The number of fused-ring (bicyclic) bond motifs is 1. The molecule has 0 spiro atoms. The molecular formula is C14H10ClN3. The predicted molar refractivity (Wildman–Crippen MR) is 74.4 cm³/mol. The van der Waals surface area contributed by atoms with Gasteiger partial charge < -0.3 is 5.73 Å². The Morgan fingerprint density at radius 1 is 1.00 bits per heavy atom. The molecule has 0 amide bonds. The van der Waals surface area contributed by atoms with E-state index in [2.05, 4.69) is 9.97 Å². The van der Waals surface area contributed by atoms with Gasteiger partial charge in [0.25, 0.3) is 0 Å². The van der Waals surface area contributed by atoms with Crippen LogP contribution in [0.15, 0.2) is 48.8 Å². The van der Waals surface area contributed by atoms with Crippen LogP contribution in [0.5, 0.6) is 0 Å². The minimum absolute atomic E-state index is 0.447. The Bertz CT molecular complexity index is 720. The molecule has 0 unspecified atom stereocenters. The average molecular weight is 256 g/mol. The molecule has 0 aliphatic rings. The lowest BCUT2D eigenvalue weighted by molar-refractivity contribution is 1.33. The van der Waals surface area contributed by atoms with E-state index >= 15 is 0 Å². The van der Waals surface area contributed by atoms with Crippen LogP contribution in [-0.4, -0.2) is 9.97 Å². The molecule has 2 N–H and O–H groups in total. The molecule has 0 atom stereocenters. The van der Waals surface area contributed by atoms with E-state index in [1.165, 1.54) is 0 Å². The van der Waals surface area contributed by atoms with Crippen molar-refractivity contribution in [2.24, 2.45) is 0 Å². The topological polar surface area (TPSA) is 51.8 Å². The third-order valence-corrected chi connectivity index (χ3v) is 3.10. The highest BCUT2D eigenvalue weighted by Gasteiger charge is 2.09. The van der Waals surface area contributed by atoms with Crippen LogP contribution in [0.3, 0.4) is 0 Å². The second kappa shape index (κ2) is 4.27. The molecule has 2 aromatic heterocycles. The quantitative estimate of drug-likeness (QED) is 0.724. The molecule has 0 saturated carbocycles. The molecule has 3 nitrogen and oxygen atoms in total. The number of anilines is 1. The van der Waals surface area contributed by atoms with Crippen LogP contribution in [0.25, 0.3) is 22.0 Å². The molecule has 18 heavy (non-hydrogen) atoms. The summed E-state index contributed by atoms with van der Waals surface area (Å²) in [6.45, 7) is 0. The number of para-hydroxylation sites is 1. The highest BCUT2D eigenvalue weighted by Crippen LogP contribution is 2.32. The number of nitrogen functional groups attached to an aromatic ring is 1. The van der Waals surface area contributed by atoms with Gasteiger partial charge in [-0.2, -0.15) is 0 Å². The van der Waals surface area contributed by atoms with Crippen LogP contribution in [0.4, 0.5) is 5.82 Å². The van der Waals surface area contributed by atoms with Crippen LogP contribution in [-0.2, 0) is 0 Å². The molecule has 1 aromatic carbocycles. The maximum atomic E-state index is 6.19. The second-order valence-electron chi connectivity index (χ2n) is 3.97. The fourth-order valence-corrected chi connectivity index (χ4v) is 2.19. The van der Waals surface area contributed by atoms with E-state index in [0.717, 1.165) is 22.0 Å². The summed E-state index contributed by atoms with van der Waals surface area (Å²) >= 11 is 6.19. The van der Waals surface area contributed by atoms with Crippen molar-refractivity contribution >= 4 is 28.3 Å². The summed E-state index contributed by atoms with van der Waals surface area (Å²) in [5.74, 6) is 0.447. The number of nitrogens with two attached hydrogens (primary N) is 1. The van der Waals surface area contributed by atoms with Crippen molar-refractivity contribution in [2.45, 2.75) is 0 Å². The number of benzene rings is 1. The van der Waals surface area contributed by atoms with Gasteiger partial charge in [0.2, 0.25) is 0 Å². The fraction of sp³-hybridized carbons (Fsp3) is 0. The van der Waals surface area contributed by atoms with Crippen molar-refractivity contribution in [2.75, 3.05) is 5.73 Å². The zero-order valence-electron chi connectivity index (χ0n) is 9.47. The van der Waals surface area contributed by atoms with E-state index in [1.54, 1.807) is 18.5 Å². The van der Waals surface area contributed by atoms with Crippen molar-refractivity contribution in [3.8, 4) is 11.1 Å². The van der Waals surface area contributed by atoms with Gasteiger partial charge >= 0.3 is 0 Å². The Labute approximate surface area is 109 Å². The largest absolute Gasteiger partial charge is 0.384 e. The standard InChI is InChI=1S/C14H10ClN3/c15-12-8-18-13(16)7-11(12)10-5-1-3-9-4-2-6-17-14(9)10/h1-8H,(H2,16,18). The van der Waals surface area contributed by atoms with Crippen LogP contribution in [0.1, 0.15) is 0 Å². The molecule has 3 aromatic rings. The fourth-order valence-electron chi connectivity index (χ4n) is 1.98. The van der Waals surface area contributed by atoms with Crippen molar-refractivity contribution in [3.63, 3.8) is 0 Å². The third kappa shape index (κ3) is 1.79. The Hall–Kier alpha value is -2.13. The van der Waals surface area contributed by atoms with Gasteiger partial charge in [-0.3, -0.25) is 4.98 Å². The average Bonchev–Trinajstić information content (AvgIpc) is 2.41. The maximum Gasteiger partial charge on any atom is 0.124 e. The Morgan fingerprint density at radius 3 is 2.72 bits per heavy atom. The smallest absolute Gasteiger partial charge is 0.124 e. The third-order valence-electron chi connectivity index (χ3n) is 2.80. The lowest BCUT2D eigenvalue weighted by Gasteiger charge is -2.08. The van der Waals surface area contributed by atoms with E-state index in [0.29, 0.717) is 10.8 Å². The van der Waals surface area contributed by atoms with Gasteiger partial charge in [-0.25, -0.2) is 4.98 Å². The molecule has 0 aliphatic carbocycles. The van der Waals surface area contributed by atoms with E-state index in [-0.39, 0.29) is 0 Å². The number of halogens is 1. The number of pyridine rings is 2. The number of aromatic nitrogens is 2. The summed E-state index contributed by atoms with van der Waals surface area (Å²) in [6.07, 6.45) is 3.33. The zero-order valence-corrected chi connectivity index (χ0v) is 10.2. The molecule has 0 aliphatic heterocycles.